The third-order valence-corrected chi connectivity index (χ3v) is 7.85. The third kappa shape index (κ3) is 4.14. The van der Waals surface area contributed by atoms with Crippen LogP contribution in [0.3, 0.4) is 0 Å². The molecule has 1 N–H and O–H groups in total. The lowest BCUT2D eigenvalue weighted by Crippen LogP contribution is -2.47. The minimum absolute atomic E-state index is 0.0841. The second-order valence-corrected chi connectivity index (χ2v) is 10.3. The van der Waals surface area contributed by atoms with Crippen molar-refractivity contribution in [2.45, 2.75) is 44.6 Å². The highest BCUT2D eigenvalue weighted by atomic mass is 19.4. The van der Waals surface area contributed by atoms with Gasteiger partial charge in [-0.3, -0.25) is 4.68 Å². The molecule has 0 saturated heterocycles. The second kappa shape index (κ2) is 8.65. The fourth-order valence-corrected chi connectivity index (χ4v) is 5.83. The summed E-state index contributed by atoms with van der Waals surface area (Å²) < 4.78 is 58.5. The van der Waals surface area contributed by atoms with E-state index < -0.39 is 30.2 Å². The first kappa shape index (κ1) is 24.6. The maximum atomic E-state index is 14.6. The van der Waals surface area contributed by atoms with Crippen LogP contribution < -0.4 is 4.90 Å². The summed E-state index contributed by atoms with van der Waals surface area (Å²) in [5, 5.41) is 24.1. The number of benzene rings is 2. The Hall–Kier alpha value is -3.73. The standard InChI is InChI=1S/C27H26F4N6O/c1-16-10-17(6-7-19(16)18-12-32-35(2)13-18)22-14-37(34-33-22)24-11-26(24)9-8-20-21(28)4-3-5-23(20)36(25(26)38)15-27(29,30)31/h3-7,10,12-14,24-25,38H,8-9,11,15H2,1-2H3. The van der Waals surface area contributed by atoms with Gasteiger partial charge in [0.15, 0.2) is 0 Å². The molecule has 1 aliphatic heterocycles. The highest BCUT2D eigenvalue weighted by Crippen LogP contribution is 2.63. The molecule has 6 rings (SSSR count). The minimum atomic E-state index is -4.57. The Bertz CT molecular complexity index is 1510. The Labute approximate surface area is 216 Å². The van der Waals surface area contributed by atoms with Crippen molar-refractivity contribution >= 4 is 5.69 Å². The lowest BCUT2D eigenvalue weighted by molar-refractivity contribution is -0.125. The van der Waals surface area contributed by atoms with Crippen LogP contribution in [0.2, 0.25) is 0 Å². The Morgan fingerprint density at radius 2 is 1.95 bits per heavy atom. The first-order chi connectivity index (χ1) is 18.1. The number of alkyl halides is 3. The van der Waals surface area contributed by atoms with Crippen molar-refractivity contribution in [2.75, 3.05) is 11.4 Å². The molecular formula is C27H26F4N6O. The smallest absolute Gasteiger partial charge is 0.373 e. The van der Waals surface area contributed by atoms with E-state index in [2.05, 4.69) is 15.4 Å². The van der Waals surface area contributed by atoms with Gasteiger partial charge in [0.05, 0.1) is 18.4 Å². The molecule has 0 bridgehead atoms. The van der Waals surface area contributed by atoms with Gasteiger partial charge in [0.1, 0.15) is 24.3 Å². The summed E-state index contributed by atoms with van der Waals surface area (Å²) in [6, 6.07) is 9.64. The Morgan fingerprint density at radius 3 is 2.66 bits per heavy atom. The zero-order valence-corrected chi connectivity index (χ0v) is 20.8. The molecule has 2 aromatic heterocycles. The highest BCUT2D eigenvalue weighted by Gasteiger charge is 2.63. The van der Waals surface area contributed by atoms with E-state index in [4.69, 9.17) is 0 Å². The molecule has 1 saturated carbocycles. The highest BCUT2D eigenvalue weighted by molar-refractivity contribution is 5.71. The molecule has 198 valence electrons. The van der Waals surface area contributed by atoms with Crippen LogP contribution in [0, 0.1) is 18.2 Å². The summed E-state index contributed by atoms with van der Waals surface area (Å²) in [4.78, 5) is 0.893. The van der Waals surface area contributed by atoms with Crippen molar-refractivity contribution in [3.8, 4) is 22.4 Å². The Morgan fingerprint density at radius 1 is 1.13 bits per heavy atom. The van der Waals surface area contributed by atoms with Crippen LogP contribution in [0.15, 0.2) is 55.0 Å². The summed E-state index contributed by atoms with van der Waals surface area (Å²) in [5.41, 5.74) is 3.94. The number of halogens is 4. The minimum Gasteiger partial charge on any atom is -0.373 e. The van der Waals surface area contributed by atoms with Gasteiger partial charge in [-0.15, -0.1) is 5.10 Å². The van der Waals surface area contributed by atoms with Gasteiger partial charge in [0.2, 0.25) is 0 Å². The maximum Gasteiger partial charge on any atom is 0.406 e. The van der Waals surface area contributed by atoms with Gasteiger partial charge in [0, 0.05) is 41.0 Å². The fourth-order valence-electron chi connectivity index (χ4n) is 5.83. The average molecular weight is 527 g/mol. The number of hydrogen-bond donors (Lipinski definition) is 1. The molecule has 3 unspecified atom stereocenters. The summed E-state index contributed by atoms with van der Waals surface area (Å²) in [5.74, 6) is -0.565. The first-order valence-electron chi connectivity index (χ1n) is 12.4. The van der Waals surface area contributed by atoms with Gasteiger partial charge in [-0.2, -0.15) is 18.3 Å². The van der Waals surface area contributed by atoms with E-state index in [1.54, 1.807) is 21.8 Å². The quantitative estimate of drug-likeness (QED) is 0.377. The number of anilines is 1. The van der Waals surface area contributed by atoms with Gasteiger partial charge < -0.3 is 10.0 Å². The molecule has 0 radical (unpaired) electrons. The lowest BCUT2D eigenvalue weighted by Gasteiger charge is -2.34. The summed E-state index contributed by atoms with van der Waals surface area (Å²) >= 11 is 0. The average Bonchev–Trinajstić information content (AvgIpc) is 3.18. The van der Waals surface area contributed by atoms with Crippen LogP contribution in [0.5, 0.6) is 0 Å². The van der Waals surface area contributed by atoms with Crippen molar-refractivity contribution < 1.29 is 22.7 Å². The van der Waals surface area contributed by atoms with E-state index in [1.807, 2.05) is 38.4 Å². The number of fused-ring (bicyclic) bond motifs is 1. The van der Waals surface area contributed by atoms with E-state index >= 15 is 0 Å². The molecule has 1 aliphatic carbocycles. The molecule has 3 heterocycles. The van der Waals surface area contributed by atoms with Crippen LogP contribution in [0.25, 0.3) is 22.4 Å². The Kier molecular flexibility index (Phi) is 5.60. The molecule has 11 heteroatoms. The van der Waals surface area contributed by atoms with E-state index in [0.29, 0.717) is 18.5 Å². The lowest BCUT2D eigenvalue weighted by atomic mass is 9.95. The van der Waals surface area contributed by atoms with E-state index in [9.17, 15) is 22.7 Å². The van der Waals surface area contributed by atoms with Gasteiger partial charge in [0.25, 0.3) is 0 Å². The molecular weight excluding hydrogens is 500 g/mol. The molecule has 1 spiro atoms. The molecule has 7 nitrogen and oxygen atoms in total. The van der Waals surface area contributed by atoms with Crippen LogP contribution >= 0.6 is 0 Å². The number of aliphatic hydroxyl groups is 1. The molecule has 2 aromatic carbocycles. The van der Waals surface area contributed by atoms with Crippen molar-refractivity contribution in [1.29, 1.82) is 0 Å². The summed E-state index contributed by atoms with van der Waals surface area (Å²) in [6.45, 7) is 0.629. The summed E-state index contributed by atoms with van der Waals surface area (Å²) in [7, 11) is 1.86. The second-order valence-electron chi connectivity index (χ2n) is 10.3. The van der Waals surface area contributed by atoms with E-state index in [-0.39, 0.29) is 23.7 Å². The molecule has 3 atom stereocenters. The van der Waals surface area contributed by atoms with Crippen LogP contribution in [0.4, 0.5) is 23.2 Å². The number of nitrogens with zero attached hydrogens (tertiary/aromatic N) is 6. The SMILES string of the molecule is Cc1cc(-c2cn(C3CC34CCc3c(F)cccc3N(CC(F)(F)F)C4O)nn2)ccc1-c1cnn(C)c1. The van der Waals surface area contributed by atoms with Crippen molar-refractivity contribution in [1.82, 2.24) is 24.8 Å². The van der Waals surface area contributed by atoms with Crippen LogP contribution in [-0.4, -0.2) is 48.8 Å². The molecule has 0 amide bonds. The Balaban J connectivity index is 1.28. The number of aromatic nitrogens is 5. The zero-order valence-electron chi connectivity index (χ0n) is 20.8. The largest absolute Gasteiger partial charge is 0.406 e. The van der Waals surface area contributed by atoms with E-state index in [0.717, 1.165) is 27.2 Å². The first-order valence-corrected chi connectivity index (χ1v) is 12.4. The van der Waals surface area contributed by atoms with Crippen molar-refractivity contribution in [3.63, 3.8) is 0 Å². The van der Waals surface area contributed by atoms with Gasteiger partial charge in [-0.25, -0.2) is 9.07 Å². The molecule has 2 aliphatic rings. The van der Waals surface area contributed by atoms with Gasteiger partial charge in [-0.05, 0) is 55.5 Å². The number of rotatable bonds is 4. The van der Waals surface area contributed by atoms with Gasteiger partial charge >= 0.3 is 6.18 Å². The van der Waals surface area contributed by atoms with Crippen LogP contribution in [-0.2, 0) is 13.5 Å². The summed E-state index contributed by atoms with van der Waals surface area (Å²) in [6.07, 6.45) is 0.448. The maximum absolute atomic E-state index is 14.6. The van der Waals surface area contributed by atoms with E-state index in [1.165, 1.54) is 18.2 Å². The van der Waals surface area contributed by atoms with Crippen molar-refractivity contribution in [2.24, 2.45) is 12.5 Å². The molecule has 4 aromatic rings. The number of aryl methyl sites for hydroxylation is 2. The predicted molar refractivity (Wildman–Crippen MR) is 133 cm³/mol. The van der Waals surface area contributed by atoms with Crippen molar-refractivity contribution in [3.05, 3.63) is 71.9 Å². The fraction of sp³-hybridized carbons (Fsp3) is 0.370. The predicted octanol–water partition coefficient (Wildman–Crippen LogP) is 5.06. The zero-order chi connectivity index (χ0) is 26.8. The number of aliphatic hydroxyl groups excluding tert-OH is 1. The molecule has 38 heavy (non-hydrogen) atoms. The van der Waals surface area contributed by atoms with Crippen LogP contribution in [0.1, 0.15) is 30.0 Å². The molecule has 1 fully saturated rings. The van der Waals surface area contributed by atoms with Gasteiger partial charge in [-0.1, -0.05) is 23.4 Å². The number of hydrogen-bond acceptors (Lipinski definition) is 5. The third-order valence-electron chi connectivity index (χ3n) is 7.85. The topological polar surface area (TPSA) is 72.0 Å². The monoisotopic (exact) mass is 526 g/mol. The normalized spacial score (nSPS) is 23.0.